The largest absolute Gasteiger partial charge is 0.445 e. The molecule has 8 heteroatoms. The van der Waals surface area contributed by atoms with Crippen LogP contribution in [0.1, 0.15) is 29.3 Å². The van der Waals surface area contributed by atoms with E-state index in [9.17, 15) is 14.4 Å². The lowest BCUT2D eigenvalue weighted by molar-refractivity contribution is -0.131. The predicted molar refractivity (Wildman–Crippen MR) is 92.5 cm³/mol. The Morgan fingerprint density at radius 2 is 1.92 bits per heavy atom. The molecule has 1 aromatic carbocycles. The van der Waals surface area contributed by atoms with Crippen LogP contribution in [-0.2, 0) is 16.1 Å². The number of hydrogen-bond donors (Lipinski definition) is 2. The second-order valence-corrected chi connectivity index (χ2v) is 5.61. The number of alkyl carbamates (subject to hydrolysis) is 1. The van der Waals surface area contributed by atoms with Crippen LogP contribution in [0.5, 0.6) is 5.75 Å². The van der Waals surface area contributed by atoms with E-state index in [1.54, 1.807) is 18.2 Å². The van der Waals surface area contributed by atoms with Gasteiger partial charge in [0.15, 0.2) is 0 Å². The van der Waals surface area contributed by atoms with Gasteiger partial charge in [-0.05, 0) is 39.2 Å². The smallest absolute Gasteiger partial charge is 0.407 e. The molecule has 8 nitrogen and oxygen atoms in total. The molecule has 1 rings (SSSR count). The molecule has 0 spiro atoms. The van der Waals surface area contributed by atoms with Gasteiger partial charge in [0, 0.05) is 31.6 Å². The summed E-state index contributed by atoms with van der Waals surface area (Å²) in [7, 11) is 5.39. The third kappa shape index (κ3) is 7.21. The first-order valence-electron chi connectivity index (χ1n) is 7.93. The van der Waals surface area contributed by atoms with E-state index in [1.165, 1.54) is 14.0 Å². The summed E-state index contributed by atoms with van der Waals surface area (Å²) < 4.78 is 10.3. The summed E-state index contributed by atoms with van der Waals surface area (Å²) in [5.74, 6) is -0.698. The molecular weight excluding hydrogens is 326 g/mol. The summed E-state index contributed by atoms with van der Waals surface area (Å²) in [5.41, 5.74) is 0.613. The number of hydrogen-bond acceptors (Lipinski definition) is 6. The molecule has 0 bridgehead atoms. The fraction of sp³-hybridized carbons (Fsp3) is 0.471. The lowest BCUT2D eigenvalue weighted by atomic mass is 10.1. The molecule has 0 saturated carbocycles. The van der Waals surface area contributed by atoms with Crippen LogP contribution in [0.15, 0.2) is 18.2 Å². The Hall–Kier alpha value is -2.61. The molecule has 0 saturated heterocycles. The summed E-state index contributed by atoms with van der Waals surface area (Å²) in [4.78, 5) is 37.0. The highest BCUT2D eigenvalue weighted by Crippen LogP contribution is 2.24. The van der Waals surface area contributed by atoms with E-state index < -0.39 is 12.1 Å². The Morgan fingerprint density at radius 3 is 2.52 bits per heavy atom. The van der Waals surface area contributed by atoms with Crippen LogP contribution in [0.25, 0.3) is 0 Å². The van der Waals surface area contributed by atoms with Crippen molar-refractivity contribution in [3.63, 3.8) is 0 Å². The standard InChI is InChI=1S/C17H25N3O5/c1-12(21)25-15-8-5-7-13(16(22)18-2)14(15)11-24-17(23)19-9-6-10-20(3)4/h5,7-8H,6,9-11H2,1-4H3,(H,18,22)(H,19,23). The van der Waals surface area contributed by atoms with Crippen molar-refractivity contribution in [2.75, 3.05) is 34.2 Å². The van der Waals surface area contributed by atoms with Gasteiger partial charge >= 0.3 is 12.1 Å². The third-order valence-corrected chi connectivity index (χ3v) is 3.26. The molecule has 0 radical (unpaired) electrons. The zero-order chi connectivity index (χ0) is 18.8. The maximum atomic E-state index is 12.0. The molecule has 0 aliphatic rings. The molecule has 2 amide bonds. The van der Waals surface area contributed by atoms with Crippen LogP contribution in [-0.4, -0.2) is 57.1 Å². The topological polar surface area (TPSA) is 97.0 Å². The molecule has 0 fully saturated rings. The number of carbonyl (C=O) groups excluding carboxylic acids is 3. The molecule has 138 valence electrons. The Balaban J connectivity index is 2.76. The van der Waals surface area contributed by atoms with Gasteiger partial charge in [-0.2, -0.15) is 0 Å². The lowest BCUT2D eigenvalue weighted by Crippen LogP contribution is -2.28. The number of ether oxygens (including phenoxy) is 2. The normalized spacial score (nSPS) is 10.3. The van der Waals surface area contributed by atoms with Crippen molar-refractivity contribution in [1.82, 2.24) is 15.5 Å². The van der Waals surface area contributed by atoms with E-state index in [4.69, 9.17) is 9.47 Å². The first-order valence-corrected chi connectivity index (χ1v) is 7.93. The van der Waals surface area contributed by atoms with Gasteiger partial charge in [-0.3, -0.25) is 9.59 Å². The average Bonchev–Trinajstić information content (AvgIpc) is 2.56. The molecule has 0 aliphatic heterocycles. The van der Waals surface area contributed by atoms with Gasteiger partial charge in [-0.1, -0.05) is 6.07 Å². The number of benzene rings is 1. The summed E-state index contributed by atoms with van der Waals surface area (Å²) in [6.45, 7) is 2.39. The van der Waals surface area contributed by atoms with Gasteiger partial charge in [0.05, 0.1) is 0 Å². The van der Waals surface area contributed by atoms with E-state index in [0.717, 1.165) is 13.0 Å². The molecule has 0 heterocycles. The van der Waals surface area contributed by atoms with E-state index in [2.05, 4.69) is 10.6 Å². The molecule has 0 aromatic heterocycles. The highest BCUT2D eigenvalue weighted by atomic mass is 16.6. The quantitative estimate of drug-likeness (QED) is 0.414. The SMILES string of the molecule is CNC(=O)c1cccc(OC(C)=O)c1COC(=O)NCCCN(C)C. The Labute approximate surface area is 147 Å². The fourth-order valence-corrected chi connectivity index (χ4v) is 2.09. The van der Waals surface area contributed by atoms with Crippen LogP contribution in [0, 0.1) is 0 Å². The summed E-state index contributed by atoms with van der Waals surface area (Å²) >= 11 is 0. The van der Waals surface area contributed by atoms with Gasteiger partial charge in [0.2, 0.25) is 0 Å². The van der Waals surface area contributed by atoms with Crippen molar-refractivity contribution in [1.29, 1.82) is 0 Å². The number of rotatable bonds is 8. The fourth-order valence-electron chi connectivity index (χ4n) is 2.09. The average molecular weight is 351 g/mol. The van der Waals surface area contributed by atoms with Crippen molar-refractivity contribution in [3.05, 3.63) is 29.3 Å². The minimum Gasteiger partial charge on any atom is -0.445 e. The van der Waals surface area contributed by atoms with Crippen molar-refractivity contribution < 1.29 is 23.9 Å². The number of carbonyl (C=O) groups is 3. The second-order valence-electron chi connectivity index (χ2n) is 5.61. The predicted octanol–water partition coefficient (Wildman–Crippen LogP) is 1.15. The molecular formula is C17H25N3O5. The Bertz CT molecular complexity index is 616. The monoisotopic (exact) mass is 351 g/mol. The van der Waals surface area contributed by atoms with Gasteiger partial charge < -0.3 is 25.0 Å². The highest BCUT2D eigenvalue weighted by molar-refractivity contribution is 5.96. The number of nitrogens with one attached hydrogen (secondary N) is 2. The first-order chi connectivity index (χ1) is 11.8. The molecule has 1 aromatic rings. The van der Waals surface area contributed by atoms with E-state index >= 15 is 0 Å². The van der Waals surface area contributed by atoms with E-state index in [-0.39, 0.29) is 23.8 Å². The van der Waals surface area contributed by atoms with Crippen molar-refractivity contribution in [3.8, 4) is 5.75 Å². The molecule has 2 N–H and O–H groups in total. The molecule has 0 unspecified atom stereocenters. The minimum atomic E-state index is -0.598. The maximum absolute atomic E-state index is 12.0. The van der Waals surface area contributed by atoms with Crippen LogP contribution < -0.4 is 15.4 Å². The second kappa shape index (κ2) is 10.3. The lowest BCUT2D eigenvalue weighted by Gasteiger charge is -2.14. The van der Waals surface area contributed by atoms with Crippen LogP contribution in [0.4, 0.5) is 4.79 Å². The zero-order valence-electron chi connectivity index (χ0n) is 15.0. The molecule has 0 aliphatic carbocycles. The minimum absolute atomic E-state index is 0.189. The maximum Gasteiger partial charge on any atom is 0.407 e. The summed E-state index contributed by atoms with van der Waals surface area (Å²) in [6.07, 6.45) is 0.189. The summed E-state index contributed by atoms with van der Waals surface area (Å²) in [5, 5.41) is 5.14. The Kier molecular flexibility index (Phi) is 8.42. The van der Waals surface area contributed by atoms with Crippen LogP contribution in [0.3, 0.4) is 0 Å². The number of nitrogens with zero attached hydrogens (tertiary/aromatic N) is 1. The van der Waals surface area contributed by atoms with Gasteiger partial charge in [-0.15, -0.1) is 0 Å². The highest BCUT2D eigenvalue weighted by Gasteiger charge is 2.17. The van der Waals surface area contributed by atoms with E-state index in [1.807, 2.05) is 19.0 Å². The van der Waals surface area contributed by atoms with Crippen LogP contribution in [0.2, 0.25) is 0 Å². The number of esters is 1. The van der Waals surface area contributed by atoms with Gasteiger partial charge in [0.1, 0.15) is 12.4 Å². The van der Waals surface area contributed by atoms with Crippen molar-refractivity contribution in [2.24, 2.45) is 0 Å². The van der Waals surface area contributed by atoms with E-state index in [0.29, 0.717) is 12.1 Å². The zero-order valence-corrected chi connectivity index (χ0v) is 15.0. The molecule has 25 heavy (non-hydrogen) atoms. The van der Waals surface area contributed by atoms with Crippen molar-refractivity contribution >= 4 is 18.0 Å². The molecule has 0 atom stereocenters. The first kappa shape index (κ1) is 20.4. The van der Waals surface area contributed by atoms with Gasteiger partial charge in [0.25, 0.3) is 5.91 Å². The van der Waals surface area contributed by atoms with Crippen LogP contribution >= 0.6 is 0 Å². The van der Waals surface area contributed by atoms with Gasteiger partial charge in [-0.25, -0.2) is 4.79 Å². The number of amides is 2. The van der Waals surface area contributed by atoms with Crippen molar-refractivity contribution in [2.45, 2.75) is 20.0 Å². The summed E-state index contributed by atoms with van der Waals surface area (Å²) in [6, 6.07) is 4.70. The third-order valence-electron chi connectivity index (χ3n) is 3.26. The Morgan fingerprint density at radius 1 is 1.20 bits per heavy atom.